The van der Waals surface area contributed by atoms with E-state index in [4.69, 9.17) is 0 Å². The van der Waals surface area contributed by atoms with Gasteiger partial charge < -0.3 is 5.11 Å². The number of rotatable bonds is 1. The summed E-state index contributed by atoms with van der Waals surface area (Å²) in [5, 5.41) is 12.2. The average Bonchev–Trinajstić information content (AvgIpc) is 2.21. The smallest absolute Gasteiger partial charge is 0.119 e. The lowest BCUT2D eigenvalue weighted by Crippen LogP contribution is -1.92. The fourth-order valence-electron chi connectivity index (χ4n) is 2.16. The Labute approximate surface area is 96.7 Å². The highest BCUT2D eigenvalue weighted by molar-refractivity contribution is 5.90. The molecule has 0 fully saturated rings. The third-order valence-electron chi connectivity index (χ3n) is 3.21. The van der Waals surface area contributed by atoms with Gasteiger partial charge in [-0.3, -0.25) is 0 Å². The second-order valence-corrected chi connectivity index (χ2v) is 4.81. The molecule has 0 atom stereocenters. The van der Waals surface area contributed by atoms with E-state index in [2.05, 4.69) is 39.0 Å². The van der Waals surface area contributed by atoms with E-state index in [-0.39, 0.29) is 0 Å². The molecule has 0 bridgehead atoms. The van der Waals surface area contributed by atoms with Crippen LogP contribution in [0, 0.1) is 13.8 Å². The van der Waals surface area contributed by atoms with Gasteiger partial charge in [-0.1, -0.05) is 26.0 Å². The third kappa shape index (κ3) is 1.67. The monoisotopic (exact) mass is 214 g/mol. The van der Waals surface area contributed by atoms with E-state index in [0.29, 0.717) is 11.7 Å². The van der Waals surface area contributed by atoms with Crippen LogP contribution in [0.3, 0.4) is 0 Å². The molecule has 0 unspecified atom stereocenters. The van der Waals surface area contributed by atoms with E-state index in [9.17, 15) is 5.11 Å². The molecule has 1 heteroatoms. The molecule has 2 aromatic carbocycles. The van der Waals surface area contributed by atoms with Crippen LogP contribution < -0.4 is 0 Å². The van der Waals surface area contributed by atoms with Gasteiger partial charge in [0, 0.05) is 0 Å². The van der Waals surface area contributed by atoms with Gasteiger partial charge in [0.2, 0.25) is 0 Å². The standard InChI is InChI=1S/C15H18O/c1-9(2)12-6-5-10(3)13-7-11(4)15(16)8-14(12)13/h5-9,16H,1-4H3. The number of aryl methyl sites for hydroxylation is 2. The summed E-state index contributed by atoms with van der Waals surface area (Å²) in [6.45, 7) is 8.42. The Hall–Kier alpha value is -1.50. The number of hydrogen-bond donors (Lipinski definition) is 1. The molecule has 0 saturated heterocycles. The quantitative estimate of drug-likeness (QED) is 0.751. The van der Waals surface area contributed by atoms with Crippen LogP contribution in [-0.4, -0.2) is 5.11 Å². The molecule has 0 radical (unpaired) electrons. The van der Waals surface area contributed by atoms with Gasteiger partial charge in [0.15, 0.2) is 0 Å². The van der Waals surface area contributed by atoms with Gasteiger partial charge in [-0.25, -0.2) is 0 Å². The first kappa shape index (κ1) is 11.0. The van der Waals surface area contributed by atoms with Crippen molar-refractivity contribution in [2.75, 3.05) is 0 Å². The zero-order valence-corrected chi connectivity index (χ0v) is 10.3. The van der Waals surface area contributed by atoms with E-state index in [0.717, 1.165) is 5.56 Å². The van der Waals surface area contributed by atoms with Crippen molar-refractivity contribution in [3.8, 4) is 5.75 Å². The summed E-state index contributed by atoms with van der Waals surface area (Å²) >= 11 is 0. The molecule has 0 aliphatic heterocycles. The van der Waals surface area contributed by atoms with E-state index in [1.54, 1.807) is 0 Å². The van der Waals surface area contributed by atoms with Crippen molar-refractivity contribution in [3.63, 3.8) is 0 Å². The van der Waals surface area contributed by atoms with Gasteiger partial charge in [0.05, 0.1) is 0 Å². The lowest BCUT2D eigenvalue weighted by atomic mass is 9.92. The van der Waals surface area contributed by atoms with Gasteiger partial charge in [-0.2, -0.15) is 0 Å². The SMILES string of the molecule is Cc1cc2c(C)ccc(C(C)C)c2cc1O. The first-order chi connectivity index (χ1) is 7.50. The Bertz CT molecular complexity index is 539. The van der Waals surface area contributed by atoms with Crippen LogP contribution in [0.25, 0.3) is 10.8 Å². The van der Waals surface area contributed by atoms with Gasteiger partial charge in [0.1, 0.15) is 5.75 Å². The van der Waals surface area contributed by atoms with Crippen LogP contribution in [0.1, 0.15) is 36.5 Å². The molecule has 0 spiro atoms. The highest BCUT2D eigenvalue weighted by Gasteiger charge is 2.09. The van der Waals surface area contributed by atoms with Crippen LogP contribution in [0.4, 0.5) is 0 Å². The van der Waals surface area contributed by atoms with Crippen molar-refractivity contribution < 1.29 is 5.11 Å². The lowest BCUT2D eigenvalue weighted by Gasteiger charge is -2.13. The maximum Gasteiger partial charge on any atom is 0.119 e. The van der Waals surface area contributed by atoms with E-state index in [1.807, 2.05) is 13.0 Å². The maximum atomic E-state index is 9.81. The number of aromatic hydroxyl groups is 1. The number of phenols is 1. The minimum atomic E-state index is 0.389. The Morgan fingerprint density at radius 3 is 2.25 bits per heavy atom. The predicted octanol–water partition coefficient (Wildman–Crippen LogP) is 4.29. The second kappa shape index (κ2) is 3.82. The van der Waals surface area contributed by atoms with Crippen LogP contribution in [0.15, 0.2) is 24.3 Å². The van der Waals surface area contributed by atoms with Crippen molar-refractivity contribution >= 4 is 10.8 Å². The van der Waals surface area contributed by atoms with E-state index < -0.39 is 0 Å². The Morgan fingerprint density at radius 1 is 0.938 bits per heavy atom. The topological polar surface area (TPSA) is 20.2 Å². The minimum absolute atomic E-state index is 0.389. The molecule has 16 heavy (non-hydrogen) atoms. The number of hydrogen-bond acceptors (Lipinski definition) is 1. The van der Waals surface area contributed by atoms with Crippen LogP contribution in [0.5, 0.6) is 5.75 Å². The van der Waals surface area contributed by atoms with Crippen LogP contribution in [-0.2, 0) is 0 Å². The molecule has 2 aromatic rings. The summed E-state index contributed by atoms with van der Waals surface area (Å²) in [5.41, 5.74) is 3.51. The molecule has 0 aliphatic carbocycles. The number of fused-ring (bicyclic) bond motifs is 1. The molecule has 0 saturated carbocycles. The van der Waals surface area contributed by atoms with Crippen molar-refractivity contribution in [3.05, 3.63) is 41.0 Å². The molecule has 0 aromatic heterocycles. The molecular weight excluding hydrogens is 196 g/mol. The van der Waals surface area contributed by atoms with Crippen molar-refractivity contribution in [2.24, 2.45) is 0 Å². The number of benzene rings is 2. The van der Waals surface area contributed by atoms with E-state index in [1.165, 1.54) is 21.9 Å². The summed E-state index contributed by atoms with van der Waals surface area (Å²) in [7, 11) is 0. The molecule has 0 amide bonds. The lowest BCUT2D eigenvalue weighted by molar-refractivity contribution is 0.472. The third-order valence-corrected chi connectivity index (χ3v) is 3.21. The van der Waals surface area contributed by atoms with Gasteiger partial charge in [-0.15, -0.1) is 0 Å². The fraction of sp³-hybridized carbons (Fsp3) is 0.333. The van der Waals surface area contributed by atoms with Gasteiger partial charge in [-0.05, 0) is 59.4 Å². The highest BCUT2D eigenvalue weighted by Crippen LogP contribution is 2.32. The predicted molar refractivity (Wildman–Crippen MR) is 69.2 cm³/mol. The Kier molecular flexibility index (Phi) is 2.63. The molecule has 84 valence electrons. The van der Waals surface area contributed by atoms with Crippen LogP contribution in [0.2, 0.25) is 0 Å². The molecule has 0 heterocycles. The van der Waals surface area contributed by atoms with Crippen molar-refractivity contribution in [1.29, 1.82) is 0 Å². The molecule has 0 aliphatic rings. The van der Waals surface area contributed by atoms with Gasteiger partial charge >= 0.3 is 0 Å². The molecule has 1 nitrogen and oxygen atoms in total. The first-order valence-corrected chi connectivity index (χ1v) is 5.73. The zero-order valence-electron chi connectivity index (χ0n) is 10.3. The maximum absolute atomic E-state index is 9.81. The average molecular weight is 214 g/mol. The summed E-state index contributed by atoms with van der Waals surface area (Å²) in [4.78, 5) is 0. The molecular formula is C15H18O. The summed E-state index contributed by atoms with van der Waals surface area (Å²) in [6.07, 6.45) is 0. The normalized spacial score (nSPS) is 11.3. The second-order valence-electron chi connectivity index (χ2n) is 4.81. The van der Waals surface area contributed by atoms with Crippen LogP contribution >= 0.6 is 0 Å². The minimum Gasteiger partial charge on any atom is -0.508 e. The van der Waals surface area contributed by atoms with E-state index >= 15 is 0 Å². The fourth-order valence-corrected chi connectivity index (χ4v) is 2.16. The summed E-state index contributed by atoms with van der Waals surface area (Å²) in [6, 6.07) is 8.30. The number of phenolic OH excluding ortho intramolecular Hbond substituents is 1. The largest absolute Gasteiger partial charge is 0.508 e. The van der Waals surface area contributed by atoms with Crippen molar-refractivity contribution in [1.82, 2.24) is 0 Å². The Morgan fingerprint density at radius 2 is 1.62 bits per heavy atom. The van der Waals surface area contributed by atoms with Gasteiger partial charge in [0.25, 0.3) is 0 Å². The molecule has 2 rings (SSSR count). The first-order valence-electron chi connectivity index (χ1n) is 5.73. The highest BCUT2D eigenvalue weighted by atomic mass is 16.3. The Balaban J connectivity index is 2.87. The zero-order chi connectivity index (χ0) is 11.9. The summed E-state index contributed by atoms with van der Waals surface area (Å²) < 4.78 is 0. The summed E-state index contributed by atoms with van der Waals surface area (Å²) in [5.74, 6) is 0.866. The molecule has 1 N–H and O–H groups in total. The van der Waals surface area contributed by atoms with Crippen molar-refractivity contribution in [2.45, 2.75) is 33.6 Å².